The van der Waals surface area contributed by atoms with Gasteiger partial charge in [-0.2, -0.15) is 0 Å². The molecule has 1 saturated carbocycles. The van der Waals surface area contributed by atoms with E-state index in [-0.39, 0.29) is 11.3 Å². The number of halogens is 1. The number of fused-ring (bicyclic) bond motifs is 1. The zero-order chi connectivity index (χ0) is 28.8. The summed E-state index contributed by atoms with van der Waals surface area (Å²) >= 11 is 6.77. The predicted octanol–water partition coefficient (Wildman–Crippen LogP) is 9.67. The minimum Gasteiger partial charge on any atom is -0.380 e. The first-order valence-electron chi connectivity index (χ1n) is 15.7. The number of nitrogens with zero attached hydrogens (tertiary/aromatic N) is 2. The van der Waals surface area contributed by atoms with E-state index < -0.39 is 0 Å². The van der Waals surface area contributed by atoms with E-state index in [0.717, 1.165) is 39.0 Å². The molecule has 2 atom stereocenters. The minimum absolute atomic E-state index is 0.126. The van der Waals surface area contributed by atoms with E-state index in [9.17, 15) is 0 Å². The van der Waals surface area contributed by atoms with Crippen molar-refractivity contribution in [1.82, 2.24) is 0 Å². The van der Waals surface area contributed by atoms with E-state index in [1.807, 2.05) is 0 Å². The van der Waals surface area contributed by atoms with Gasteiger partial charge in [-0.05, 0) is 92.9 Å². The molecule has 3 nitrogen and oxygen atoms in total. The molecule has 0 aromatic heterocycles. The van der Waals surface area contributed by atoms with Gasteiger partial charge in [-0.1, -0.05) is 67.4 Å². The van der Waals surface area contributed by atoms with Crippen molar-refractivity contribution in [1.29, 1.82) is 0 Å². The Morgan fingerprint density at radius 3 is 1.68 bits per heavy atom. The van der Waals surface area contributed by atoms with Crippen molar-refractivity contribution < 1.29 is 0 Å². The molecule has 1 fully saturated rings. The molecule has 0 amide bonds. The maximum absolute atomic E-state index is 6.77. The molecule has 5 rings (SSSR count). The molecule has 2 unspecified atom stereocenters. The Bertz CT molecular complexity index is 1330. The van der Waals surface area contributed by atoms with Gasteiger partial charge in [0.05, 0.1) is 5.38 Å². The van der Waals surface area contributed by atoms with Crippen LogP contribution in [0.3, 0.4) is 0 Å². The lowest BCUT2D eigenvalue weighted by Crippen LogP contribution is -2.32. The lowest BCUT2D eigenvalue weighted by molar-refractivity contribution is 0.470. The van der Waals surface area contributed by atoms with Crippen LogP contribution in [-0.4, -0.2) is 37.6 Å². The molecular weight excluding hydrogens is 522 g/mol. The molecule has 0 radical (unpaired) electrons. The van der Waals surface area contributed by atoms with E-state index in [4.69, 9.17) is 11.6 Å². The molecule has 0 saturated heterocycles. The van der Waals surface area contributed by atoms with E-state index in [0.29, 0.717) is 6.04 Å². The van der Waals surface area contributed by atoms with Gasteiger partial charge in [0.15, 0.2) is 0 Å². The zero-order valence-electron chi connectivity index (χ0n) is 25.2. The summed E-state index contributed by atoms with van der Waals surface area (Å²) < 4.78 is 0. The highest BCUT2D eigenvalue weighted by Gasteiger charge is 2.25. The smallest absolute Gasteiger partial charge is 0.0537 e. The van der Waals surface area contributed by atoms with Crippen LogP contribution in [0.2, 0.25) is 0 Å². The lowest BCUT2D eigenvalue weighted by atomic mass is 9.82. The Hall–Kier alpha value is -3.17. The van der Waals surface area contributed by atoms with Gasteiger partial charge < -0.3 is 15.1 Å². The Labute approximate surface area is 252 Å². The highest BCUT2D eigenvalue weighted by molar-refractivity contribution is 6.21. The fourth-order valence-electron chi connectivity index (χ4n) is 6.63. The highest BCUT2D eigenvalue weighted by atomic mass is 35.5. The third-order valence-corrected chi connectivity index (χ3v) is 9.52. The van der Waals surface area contributed by atoms with Crippen molar-refractivity contribution in [3.05, 3.63) is 102 Å². The first kappa shape index (κ1) is 29.3. The summed E-state index contributed by atoms with van der Waals surface area (Å²) in [5, 5.41) is 6.59. The second kappa shape index (κ2) is 13.7. The van der Waals surface area contributed by atoms with Gasteiger partial charge in [-0.25, -0.2) is 0 Å². The first-order valence-corrected chi connectivity index (χ1v) is 16.1. The van der Waals surface area contributed by atoms with Crippen LogP contribution in [0.5, 0.6) is 0 Å². The van der Waals surface area contributed by atoms with Crippen molar-refractivity contribution in [3.8, 4) is 0 Å². The van der Waals surface area contributed by atoms with Crippen LogP contribution in [0.15, 0.2) is 84.9 Å². The summed E-state index contributed by atoms with van der Waals surface area (Å²) in [7, 11) is 0. The van der Waals surface area contributed by atoms with Crippen molar-refractivity contribution in [2.24, 2.45) is 0 Å². The first-order chi connectivity index (χ1) is 20.1. The van der Waals surface area contributed by atoms with E-state index in [2.05, 4.69) is 128 Å². The largest absolute Gasteiger partial charge is 0.380 e. The van der Waals surface area contributed by atoms with Crippen LogP contribution in [0.4, 0.5) is 17.1 Å². The molecule has 4 aromatic rings. The van der Waals surface area contributed by atoms with Gasteiger partial charge in [0.1, 0.15) is 0 Å². The van der Waals surface area contributed by atoms with Gasteiger partial charge >= 0.3 is 0 Å². The molecule has 4 heteroatoms. The van der Waals surface area contributed by atoms with Gasteiger partial charge in [0.2, 0.25) is 0 Å². The summed E-state index contributed by atoms with van der Waals surface area (Å²) in [6.45, 7) is 12.9. The standard InChI is InChI=1S/C37H46ClN3/c1-5-40(6-2)29-21-17-27(18-22-29)37(28-19-23-30(24-20-28)41(7-3)8-4)33-25-26-35(32-14-10-9-13-31(32)33)39-36-16-12-11-15-34(36)38/h9-10,13-14,17-26,34,36-37,39H,5-8,11-12,15-16H2,1-4H3. The molecule has 0 spiro atoms. The zero-order valence-corrected chi connectivity index (χ0v) is 26.0. The molecule has 216 valence electrons. The topological polar surface area (TPSA) is 18.5 Å². The molecule has 1 aliphatic rings. The van der Waals surface area contributed by atoms with Gasteiger partial charge in [0.25, 0.3) is 0 Å². The van der Waals surface area contributed by atoms with Gasteiger partial charge in [0, 0.05) is 60.6 Å². The monoisotopic (exact) mass is 567 g/mol. The van der Waals surface area contributed by atoms with Gasteiger partial charge in [-0.3, -0.25) is 0 Å². The van der Waals surface area contributed by atoms with Crippen molar-refractivity contribution in [2.75, 3.05) is 41.3 Å². The Balaban J connectivity index is 1.60. The average molecular weight is 568 g/mol. The molecule has 41 heavy (non-hydrogen) atoms. The van der Waals surface area contributed by atoms with Crippen molar-refractivity contribution in [2.45, 2.75) is 70.7 Å². The molecule has 1 aliphatic carbocycles. The molecule has 4 aromatic carbocycles. The van der Waals surface area contributed by atoms with Crippen LogP contribution in [0.1, 0.15) is 76.0 Å². The number of benzene rings is 4. The van der Waals surface area contributed by atoms with Crippen molar-refractivity contribution >= 4 is 39.4 Å². The van der Waals surface area contributed by atoms with Crippen LogP contribution in [0.25, 0.3) is 10.8 Å². The predicted molar refractivity (Wildman–Crippen MR) is 180 cm³/mol. The minimum atomic E-state index is 0.126. The number of hydrogen-bond acceptors (Lipinski definition) is 3. The fraction of sp³-hybridized carbons (Fsp3) is 0.405. The second-order valence-electron chi connectivity index (χ2n) is 11.3. The average Bonchev–Trinajstić information content (AvgIpc) is 3.02. The number of hydrogen-bond donors (Lipinski definition) is 1. The summed E-state index contributed by atoms with van der Waals surface area (Å²) in [5.41, 5.74) is 7.72. The van der Waals surface area contributed by atoms with Crippen LogP contribution >= 0.6 is 11.6 Å². The van der Waals surface area contributed by atoms with Crippen molar-refractivity contribution in [3.63, 3.8) is 0 Å². The molecule has 0 bridgehead atoms. The lowest BCUT2D eigenvalue weighted by Gasteiger charge is -2.30. The second-order valence-corrected chi connectivity index (χ2v) is 11.8. The summed E-state index contributed by atoms with van der Waals surface area (Å²) in [4.78, 5) is 4.81. The maximum Gasteiger partial charge on any atom is 0.0537 e. The summed E-state index contributed by atoms with van der Waals surface area (Å²) in [6.07, 6.45) is 4.69. The van der Waals surface area contributed by atoms with E-state index >= 15 is 0 Å². The third kappa shape index (κ3) is 6.36. The quantitative estimate of drug-likeness (QED) is 0.144. The SMILES string of the molecule is CCN(CC)c1ccc(C(c2ccc(N(CC)CC)cc2)c2ccc(NC3CCCCC3Cl)c3ccccc23)cc1. The number of nitrogens with one attached hydrogen (secondary N) is 1. The van der Waals surface area contributed by atoms with Crippen LogP contribution in [-0.2, 0) is 0 Å². The molecule has 1 N–H and O–H groups in total. The summed E-state index contributed by atoms with van der Waals surface area (Å²) in [6, 6.07) is 32.3. The highest BCUT2D eigenvalue weighted by Crippen LogP contribution is 2.40. The summed E-state index contributed by atoms with van der Waals surface area (Å²) in [5.74, 6) is 0.126. The van der Waals surface area contributed by atoms with Crippen LogP contribution < -0.4 is 15.1 Å². The van der Waals surface area contributed by atoms with Gasteiger partial charge in [-0.15, -0.1) is 11.6 Å². The van der Waals surface area contributed by atoms with Crippen LogP contribution in [0, 0.1) is 0 Å². The number of anilines is 3. The number of rotatable bonds is 11. The number of alkyl halides is 1. The molecule has 0 aliphatic heterocycles. The molecule has 0 heterocycles. The fourth-order valence-corrected chi connectivity index (χ4v) is 6.98. The van der Waals surface area contributed by atoms with E-state index in [1.165, 1.54) is 57.4 Å². The normalized spacial score (nSPS) is 17.1. The Morgan fingerprint density at radius 1 is 0.659 bits per heavy atom. The maximum atomic E-state index is 6.77. The molecular formula is C37H46ClN3. The van der Waals surface area contributed by atoms with E-state index in [1.54, 1.807) is 0 Å². The Kier molecular flexibility index (Phi) is 9.77. The Morgan fingerprint density at radius 2 is 1.17 bits per heavy atom. The third-order valence-electron chi connectivity index (χ3n) is 9.00.